The maximum absolute atomic E-state index is 11.7. The van der Waals surface area contributed by atoms with Crippen LogP contribution in [0.25, 0.3) is 6.08 Å². The van der Waals surface area contributed by atoms with Crippen LogP contribution in [0.2, 0.25) is 0 Å². The lowest BCUT2D eigenvalue weighted by molar-refractivity contribution is -0.130. The van der Waals surface area contributed by atoms with Gasteiger partial charge in [-0.15, -0.1) is 0 Å². The summed E-state index contributed by atoms with van der Waals surface area (Å²) in [6, 6.07) is 3.52. The summed E-state index contributed by atoms with van der Waals surface area (Å²) in [5.74, 6) is 0.529. The topological polar surface area (TPSA) is 62.6 Å². The van der Waals surface area contributed by atoms with Crippen LogP contribution in [0.1, 0.15) is 25.0 Å². The van der Waals surface area contributed by atoms with Gasteiger partial charge < -0.3 is 14.6 Å². The Balaban J connectivity index is 1.65. The van der Waals surface area contributed by atoms with Crippen molar-refractivity contribution in [1.29, 1.82) is 0 Å². The SMILES string of the molecule is O=C(/C=C/c1ccco1)NCCC(=O)N1CCCC1. The van der Waals surface area contributed by atoms with E-state index >= 15 is 0 Å². The third-order valence-electron chi connectivity index (χ3n) is 3.04. The van der Waals surface area contributed by atoms with Gasteiger partial charge in [0.1, 0.15) is 5.76 Å². The monoisotopic (exact) mass is 262 g/mol. The number of hydrogen-bond donors (Lipinski definition) is 1. The minimum atomic E-state index is -0.217. The molecule has 0 bridgehead atoms. The molecule has 1 fully saturated rings. The number of carbonyl (C=O) groups is 2. The second kappa shape index (κ2) is 6.78. The summed E-state index contributed by atoms with van der Waals surface area (Å²) < 4.78 is 5.07. The summed E-state index contributed by atoms with van der Waals surface area (Å²) in [6.45, 7) is 2.08. The summed E-state index contributed by atoms with van der Waals surface area (Å²) in [4.78, 5) is 25.0. The highest BCUT2D eigenvalue weighted by Gasteiger charge is 2.17. The standard InChI is InChI=1S/C14H18N2O3/c17-13(6-5-12-4-3-11-19-12)15-8-7-14(18)16-9-1-2-10-16/h3-6,11H,1-2,7-10H2,(H,15,17)/b6-5+. The number of rotatable bonds is 5. The lowest BCUT2D eigenvalue weighted by Crippen LogP contribution is -2.32. The van der Waals surface area contributed by atoms with Crippen LogP contribution in [-0.4, -0.2) is 36.3 Å². The van der Waals surface area contributed by atoms with E-state index in [1.54, 1.807) is 24.5 Å². The van der Waals surface area contributed by atoms with Gasteiger partial charge in [0, 0.05) is 32.1 Å². The third-order valence-corrected chi connectivity index (χ3v) is 3.04. The highest BCUT2D eigenvalue weighted by molar-refractivity contribution is 5.91. The maximum Gasteiger partial charge on any atom is 0.244 e. The van der Waals surface area contributed by atoms with E-state index in [-0.39, 0.29) is 11.8 Å². The van der Waals surface area contributed by atoms with Crippen molar-refractivity contribution in [3.05, 3.63) is 30.2 Å². The van der Waals surface area contributed by atoms with Crippen LogP contribution in [-0.2, 0) is 9.59 Å². The van der Waals surface area contributed by atoms with Gasteiger partial charge >= 0.3 is 0 Å². The van der Waals surface area contributed by atoms with Gasteiger partial charge in [-0.1, -0.05) is 0 Å². The van der Waals surface area contributed by atoms with E-state index in [0.29, 0.717) is 18.7 Å². The molecular weight excluding hydrogens is 244 g/mol. The first kappa shape index (κ1) is 13.4. The largest absolute Gasteiger partial charge is 0.465 e. The molecule has 19 heavy (non-hydrogen) atoms. The molecule has 1 aliphatic heterocycles. The van der Waals surface area contributed by atoms with Gasteiger partial charge in [0.15, 0.2) is 0 Å². The average Bonchev–Trinajstić information content (AvgIpc) is 3.09. The summed E-state index contributed by atoms with van der Waals surface area (Å²) in [6.07, 6.45) is 7.08. The molecule has 102 valence electrons. The molecule has 0 aromatic carbocycles. The fourth-order valence-corrected chi connectivity index (χ4v) is 2.02. The first-order valence-electron chi connectivity index (χ1n) is 6.53. The molecular formula is C14H18N2O3. The second-order valence-electron chi connectivity index (χ2n) is 4.48. The molecule has 5 heteroatoms. The Labute approximate surface area is 112 Å². The predicted octanol–water partition coefficient (Wildman–Crippen LogP) is 1.42. The molecule has 5 nitrogen and oxygen atoms in total. The molecule has 2 rings (SSSR count). The Hall–Kier alpha value is -2.04. The summed E-state index contributed by atoms with van der Waals surface area (Å²) in [5.41, 5.74) is 0. The Morgan fingerprint density at radius 1 is 1.37 bits per heavy atom. The Morgan fingerprint density at radius 2 is 2.16 bits per heavy atom. The van der Waals surface area contributed by atoms with Gasteiger partial charge in [0.2, 0.25) is 11.8 Å². The second-order valence-corrected chi connectivity index (χ2v) is 4.48. The molecule has 1 saturated heterocycles. The molecule has 1 aromatic heterocycles. The minimum Gasteiger partial charge on any atom is -0.465 e. The van der Waals surface area contributed by atoms with Crippen LogP contribution < -0.4 is 5.32 Å². The van der Waals surface area contributed by atoms with Gasteiger partial charge in [-0.05, 0) is 31.1 Å². The summed E-state index contributed by atoms with van der Waals surface area (Å²) in [7, 11) is 0. The fourth-order valence-electron chi connectivity index (χ4n) is 2.02. The highest BCUT2D eigenvalue weighted by Crippen LogP contribution is 2.08. The van der Waals surface area contributed by atoms with Crippen molar-refractivity contribution < 1.29 is 14.0 Å². The molecule has 0 saturated carbocycles. The van der Waals surface area contributed by atoms with E-state index in [0.717, 1.165) is 25.9 Å². The molecule has 1 aromatic rings. The number of hydrogen-bond acceptors (Lipinski definition) is 3. The number of likely N-dealkylation sites (tertiary alicyclic amines) is 1. The summed E-state index contributed by atoms with van der Waals surface area (Å²) >= 11 is 0. The number of nitrogens with one attached hydrogen (secondary N) is 1. The van der Waals surface area contributed by atoms with Crippen molar-refractivity contribution >= 4 is 17.9 Å². The van der Waals surface area contributed by atoms with E-state index < -0.39 is 0 Å². The van der Waals surface area contributed by atoms with Crippen LogP contribution in [0.4, 0.5) is 0 Å². The molecule has 0 spiro atoms. The molecule has 1 aliphatic rings. The van der Waals surface area contributed by atoms with Crippen molar-refractivity contribution in [1.82, 2.24) is 10.2 Å². The fraction of sp³-hybridized carbons (Fsp3) is 0.429. The van der Waals surface area contributed by atoms with Gasteiger partial charge in [-0.25, -0.2) is 0 Å². The van der Waals surface area contributed by atoms with Gasteiger partial charge in [0.05, 0.1) is 6.26 Å². The molecule has 1 N–H and O–H groups in total. The van der Waals surface area contributed by atoms with Crippen LogP contribution in [0.5, 0.6) is 0 Å². The van der Waals surface area contributed by atoms with Crippen molar-refractivity contribution in [2.45, 2.75) is 19.3 Å². The van der Waals surface area contributed by atoms with E-state index in [9.17, 15) is 9.59 Å². The molecule has 2 amide bonds. The van der Waals surface area contributed by atoms with E-state index in [4.69, 9.17) is 4.42 Å². The minimum absolute atomic E-state index is 0.118. The third kappa shape index (κ3) is 4.28. The molecule has 0 unspecified atom stereocenters. The van der Waals surface area contributed by atoms with Crippen LogP contribution >= 0.6 is 0 Å². The number of carbonyl (C=O) groups excluding carboxylic acids is 2. The van der Waals surface area contributed by atoms with Crippen molar-refractivity contribution in [2.24, 2.45) is 0 Å². The van der Waals surface area contributed by atoms with E-state index in [1.807, 2.05) is 4.90 Å². The van der Waals surface area contributed by atoms with Gasteiger partial charge in [-0.3, -0.25) is 9.59 Å². The number of amides is 2. The zero-order valence-electron chi connectivity index (χ0n) is 10.8. The Kier molecular flexibility index (Phi) is 4.78. The highest BCUT2D eigenvalue weighted by atomic mass is 16.3. The molecule has 2 heterocycles. The molecule has 0 aliphatic carbocycles. The summed E-state index contributed by atoms with van der Waals surface area (Å²) in [5, 5.41) is 2.68. The number of furan rings is 1. The predicted molar refractivity (Wildman–Crippen MR) is 71.2 cm³/mol. The Bertz CT molecular complexity index is 445. The van der Waals surface area contributed by atoms with Crippen molar-refractivity contribution in [3.8, 4) is 0 Å². The Morgan fingerprint density at radius 3 is 2.84 bits per heavy atom. The zero-order chi connectivity index (χ0) is 13.5. The van der Waals surface area contributed by atoms with E-state index in [2.05, 4.69) is 5.32 Å². The van der Waals surface area contributed by atoms with Crippen LogP contribution in [0.3, 0.4) is 0 Å². The van der Waals surface area contributed by atoms with Gasteiger partial charge in [-0.2, -0.15) is 0 Å². The quantitative estimate of drug-likeness (QED) is 0.816. The number of nitrogens with zero attached hydrogens (tertiary/aromatic N) is 1. The normalized spacial score (nSPS) is 15.1. The first-order valence-corrected chi connectivity index (χ1v) is 6.53. The van der Waals surface area contributed by atoms with Crippen LogP contribution in [0.15, 0.2) is 28.9 Å². The first-order chi connectivity index (χ1) is 9.25. The average molecular weight is 262 g/mol. The maximum atomic E-state index is 11.7. The van der Waals surface area contributed by atoms with Crippen molar-refractivity contribution in [3.63, 3.8) is 0 Å². The van der Waals surface area contributed by atoms with Crippen molar-refractivity contribution in [2.75, 3.05) is 19.6 Å². The van der Waals surface area contributed by atoms with Gasteiger partial charge in [0.25, 0.3) is 0 Å². The van der Waals surface area contributed by atoms with Crippen LogP contribution in [0, 0.1) is 0 Å². The lowest BCUT2D eigenvalue weighted by Gasteiger charge is -2.14. The van der Waals surface area contributed by atoms with E-state index in [1.165, 1.54) is 6.08 Å². The lowest BCUT2D eigenvalue weighted by atomic mass is 10.3. The molecule has 0 atom stereocenters. The molecule has 0 radical (unpaired) electrons. The smallest absolute Gasteiger partial charge is 0.244 e. The zero-order valence-corrected chi connectivity index (χ0v) is 10.8.